The fourth-order valence-electron chi connectivity index (χ4n) is 4.42. The van der Waals surface area contributed by atoms with Crippen LogP contribution in [0.4, 0.5) is 11.4 Å². The Labute approximate surface area is 201 Å². The van der Waals surface area contributed by atoms with Crippen molar-refractivity contribution < 1.29 is 18.0 Å². The number of piperazine rings is 1. The lowest BCUT2D eigenvalue weighted by Gasteiger charge is -2.34. The van der Waals surface area contributed by atoms with Crippen LogP contribution in [-0.4, -0.2) is 75.6 Å². The first kappa shape index (κ1) is 24.4. The summed E-state index contributed by atoms with van der Waals surface area (Å²) in [7, 11) is -1.96. The Morgan fingerprint density at radius 1 is 1.00 bits per heavy atom. The third-order valence-corrected chi connectivity index (χ3v) is 8.35. The first-order valence-electron chi connectivity index (χ1n) is 11.7. The van der Waals surface area contributed by atoms with Gasteiger partial charge in [0.1, 0.15) is 0 Å². The van der Waals surface area contributed by atoms with Gasteiger partial charge >= 0.3 is 0 Å². The van der Waals surface area contributed by atoms with Gasteiger partial charge in [0.05, 0.1) is 17.1 Å². The van der Waals surface area contributed by atoms with Crippen LogP contribution >= 0.6 is 0 Å². The first-order chi connectivity index (χ1) is 16.2. The monoisotopic (exact) mass is 484 g/mol. The second-order valence-corrected chi connectivity index (χ2v) is 11.1. The summed E-state index contributed by atoms with van der Waals surface area (Å²) >= 11 is 0. The lowest BCUT2D eigenvalue weighted by molar-refractivity contribution is -0.117. The number of benzene rings is 2. The summed E-state index contributed by atoms with van der Waals surface area (Å²) in [5.41, 5.74) is 3.27. The highest BCUT2D eigenvalue weighted by Gasteiger charge is 2.26. The Bertz CT molecular complexity index is 1160. The Kier molecular flexibility index (Phi) is 7.35. The van der Waals surface area contributed by atoms with E-state index in [1.165, 1.54) is 16.5 Å². The van der Waals surface area contributed by atoms with E-state index in [1.54, 1.807) is 19.2 Å². The Morgan fingerprint density at radius 2 is 1.68 bits per heavy atom. The third-order valence-electron chi connectivity index (χ3n) is 6.64. The van der Waals surface area contributed by atoms with E-state index in [0.29, 0.717) is 11.3 Å². The van der Waals surface area contributed by atoms with E-state index in [9.17, 15) is 18.0 Å². The summed E-state index contributed by atoms with van der Waals surface area (Å²) in [6.45, 7) is 8.45. The summed E-state index contributed by atoms with van der Waals surface area (Å²) in [5, 5.41) is 2.79. The quantitative estimate of drug-likeness (QED) is 0.618. The second kappa shape index (κ2) is 10.2. The molecule has 0 aromatic heterocycles. The number of carbonyl (C=O) groups is 2. The van der Waals surface area contributed by atoms with Crippen LogP contribution in [0.15, 0.2) is 47.4 Å². The molecule has 182 valence electrons. The Morgan fingerprint density at radius 3 is 2.35 bits per heavy atom. The van der Waals surface area contributed by atoms with E-state index >= 15 is 0 Å². The van der Waals surface area contributed by atoms with Gasteiger partial charge in [-0.1, -0.05) is 19.1 Å². The molecule has 2 aromatic rings. The first-order valence-corrected chi connectivity index (χ1v) is 13.4. The van der Waals surface area contributed by atoms with Crippen molar-refractivity contribution in [2.75, 3.05) is 55.7 Å². The summed E-state index contributed by atoms with van der Waals surface area (Å²) in [6, 6.07) is 12.4. The summed E-state index contributed by atoms with van der Waals surface area (Å²) < 4.78 is 25.5. The predicted octanol–water partition coefficient (Wildman–Crippen LogP) is 2.15. The van der Waals surface area contributed by atoms with Gasteiger partial charge in [0.15, 0.2) is 9.84 Å². The van der Waals surface area contributed by atoms with Gasteiger partial charge in [0.2, 0.25) is 11.8 Å². The van der Waals surface area contributed by atoms with Gasteiger partial charge in [0, 0.05) is 57.6 Å². The number of rotatable bonds is 8. The van der Waals surface area contributed by atoms with Crippen molar-refractivity contribution in [2.24, 2.45) is 0 Å². The van der Waals surface area contributed by atoms with Crippen LogP contribution in [0.5, 0.6) is 0 Å². The normalized spacial score (nSPS) is 17.1. The molecular weight excluding hydrogens is 452 g/mol. The van der Waals surface area contributed by atoms with Crippen LogP contribution in [0.2, 0.25) is 0 Å². The standard InChI is InChI=1S/C25H32N4O4S/c1-3-28-11-13-29(14-12-28)18-19-4-6-21(7-5-19)26-24(30)10-15-34(32,33)22-8-9-23-20(16-22)17-25(31)27(23)2/h4-9,16H,3,10-15,17-18H2,1-2H3,(H,26,30). The van der Waals surface area contributed by atoms with Crippen LogP contribution in [-0.2, 0) is 32.4 Å². The van der Waals surface area contributed by atoms with Crippen molar-refractivity contribution in [3.63, 3.8) is 0 Å². The van der Waals surface area contributed by atoms with E-state index < -0.39 is 9.84 Å². The molecule has 34 heavy (non-hydrogen) atoms. The van der Waals surface area contributed by atoms with Crippen LogP contribution in [0.3, 0.4) is 0 Å². The maximum Gasteiger partial charge on any atom is 0.231 e. The van der Waals surface area contributed by atoms with Crippen molar-refractivity contribution in [3.05, 3.63) is 53.6 Å². The van der Waals surface area contributed by atoms with Gasteiger partial charge in [-0.2, -0.15) is 0 Å². The van der Waals surface area contributed by atoms with E-state index in [4.69, 9.17) is 0 Å². The molecule has 1 N–H and O–H groups in total. The molecule has 0 unspecified atom stereocenters. The number of carbonyl (C=O) groups excluding carboxylic acids is 2. The summed E-state index contributed by atoms with van der Waals surface area (Å²) in [4.78, 5) is 30.8. The molecule has 9 heteroatoms. The number of nitrogens with one attached hydrogen (secondary N) is 1. The lowest BCUT2D eigenvalue weighted by atomic mass is 10.1. The molecule has 2 aliphatic rings. The van der Waals surface area contributed by atoms with Gasteiger partial charge in [-0.25, -0.2) is 8.42 Å². The smallest absolute Gasteiger partial charge is 0.231 e. The van der Waals surface area contributed by atoms with Crippen molar-refractivity contribution in [1.82, 2.24) is 9.80 Å². The molecule has 2 aliphatic heterocycles. The van der Waals surface area contributed by atoms with Crippen LogP contribution in [0.25, 0.3) is 0 Å². The number of nitrogens with zero attached hydrogens (tertiary/aromatic N) is 3. The van der Waals surface area contributed by atoms with Crippen molar-refractivity contribution in [2.45, 2.75) is 31.2 Å². The van der Waals surface area contributed by atoms with Gasteiger partial charge in [-0.15, -0.1) is 0 Å². The van der Waals surface area contributed by atoms with E-state index in [-0.39, 0.29) is 35.3 Å². The molecule has 1 saturated heterocycles. The van der Waals surface area contributed by atoms with Crippen molar-refractivity contribution >= 4 is 33.0 Å². The predicted molar refractivity (Wildman–Crippen MR) is 133 cm³/mol. The number of hydrogen-bond donors (Lipinski definition) is 1. The van der Waals surface area contributed by atoms with E-state index in [1.807, 2.05) is 24.3 Å². The average Bonchev–Trinajstić information content (AvgIpc) is 3.12. The largest absolute Gasteiger partial charge is 0.326 e. The molecule has 8 nitrogen and oxygen atoms in total. The molecular formula is C25H32N4O4S. The molecule has 2 amide bonds. The topological polar surface area (TPSA) is 90.0 Å². The molecule has 2 aromatic carbocycles. The fourth-order valence-corrected chi connectivity index (χ4v) is 5.71. The minimum absolute atomic E-state index is 0.0611. The van der Waals surface area contributed by atoms with E-state index in [0.717, 1.165) is 45.0 Å². The average molecular weight is 485 g/mol. The van der Waals surface area contributed by atoms with Crippen molar-refractivity contribution in [1.29, 1.82) is 0 Å². The molecule has 1 fully saturated rings. The highest BCUT2D eigenvalue weighted by molar-refractivity contribution is 7.91. The number of fused-ring (bicyclic) bond motifs is 1. The minimum atomic E-state index is -3.63. The van der Waals surface area contributed by atoms with Gasteiger partial charge in [-0.05, 0) is 48.0 Å². The molecule has 0 aliphatic carbocycles. The maximum absolute atomic E-state index is 12.7. The van der Waals surface area contributed by atoms with Crippen LogP contribution < -0.4 is 10.2 Å². The Hall–Kier alpha value is -2.75. The number of hydrogen-bond acceptors (Lipinski definition) is 6. The lowest BCUT2D eigenvalue weighted by Crippen LogP contribution is -2.45. The summed E-state index contributed by atoms with van der Waals surface area (Å²) in [6.07, 6.45) is 0.0579. The maximum atomic E-state index is 12.7. The molecule has 0 radical (unpaired) electrons. The zero-order chi connectivity index (χ0) is 24.3. The fraction of sp³-hybridized carbons (Fsp3) is 0.440. The third kappa shape index (κ3) is 5.65. The number of anilines is 2. The van der Waals surface area contributed by atoms with E-state index in [2.05, 4.69) is 22.0 Å². The second-order valence-electron chi connectivity index (χ2n) is 8.94. The van der Waals surface area contributed by atoms with Gasteiger partial charge < -0.3 is 15.1 Å². The molecule has 0 spiro atoms. The van der Waals surface area contributed by atoms with Crippen LogP contribution in [0.1, 0.15) is 24.5 Å². The number of likely N-dealkylation sites (N-methyl/N-ethyl adjacent to an activating group) is 2. The zero-order valence-corrected chi connectivity index (χ0v) is 20.6. The highest BCUT2D eigenvalue weighted by Crippen LogP contribution is 2.30. The molecule has 0 atom stereocenters. The summed E-state index contributed by atoms with van der Waals surface area (Å²) in [5.74, 6) is -0.694. The molecule has 0 saturated carbocycles. The van der Waals surface area contributed by atoms with Crippen LogP contribution in [0, 0.1) is 0 Å². The minimum Gasteiger partial charge on any atom is -0.326 e. The zero-order valence-electron chi connectivity index (χ0n) is 19.8. The molecule has 2 heterocycles. The number of sulfone groups is 1. The van der Waals surface area contributed by atoms with Crippen molar-refractivity contribution in [3.8, 4) is 0 Å². The van der Waals surface area contributed by atoms with Gasteiger partial charge in [-0.3, -0.25) is 14.5 Å². The highest BCUT2D eigenvalue weighted by atomic mass is 32.2. The Balaban J connectivity index is 1.28. The number of amides is 2. The van der Waals surface area contributed by atoms with Gasteiger partial charge in [0.25, 0.3) is 0 Å². The SMILES string of the molecule is CCN1CCN(Cc2ccc(NC(=O)CCS(=O)(=O)c3ccc4c(c3)CC(=O)N4C)cc2)CC1. The molecule has 4 rings (SSSR count). The molecule has 0 bridgehead atoms.